The lowest BCUT2D eigenvalue weighted by molar-refractivity contribution is -0.119. The molecule has 4 nitrogen and oxygen atoms in total. The van der Waals surface area contributed by atoms with Gasteiger partial charge < -0.3 is 15.8 Å². The van der Waals surface area contributed by atoms with E-state index in [-0.39, 0.29) is 6.61 Å². The molecule has 0 fully saturated rings. The molecule has 4 heteroatoms. The predicted molar refractivity (Wildman–Crippen MR) is 75.1 cm³/mol. The van der Waals surface area contributed by atoms with Gasteiger partial charge in [-0.05, 0) is 55.5 Å². The van der Waals surface area contributed by atoms with Crippen LogP contribution in [0.25, 0.3) is 0 Å². The van der Waals surface area contributed by atoms with Gasteiger partial charge in [0.2, 0.25) is 0 Å². The second-order valence-corrected chi connectivity index (χ2v) is 5.01. The molecule has 1 aliphatic carbocycles. The van der Waals surface area contributed by atoms with Crippen LogP contribution in [-0.2, 0) is 11.2 Å². The van der Waals surface area contributed by atoms with Gasteiger partial charge in [-0.1, -0.05) is 13.0 Å². The van der Waals surface area contributed by atoms with Crippen molar-refractivity contribution in [3.05, 3.63) is 29.3 Å². The molecule has 19 heavy (non-hydrogen) atoms. The monoisotopic (exact) mass is 262 g/mol. The summed E-state index contributed by atoms with van der Waals surface area (Å²) in [4.78, 5) is 10.8. The topological polar surface area (TPSA) is 64.3 Å². The lowest BCUT2D eigenvalue weighted by Crippen LogP contribution is -2.26. The van der Waals surface area contributed by atoms with Crippen molar-refractivity contribution in [2.75, 3.05) is 13.2 Å². The van der Waals surface area contributed by atoms with Crippen LogP contribution >= 0.6 is 0 Å². The van der Waals surface area contributed by atoms with E-state index < -0.39 is 5.91 Å². The Bertz CT molecular complexity index is 446. The van der Waals surface area contributed by atoms with Gasteiger partial charge in [0.25, 0.3) is 5.91 Å². The fourth-order valence-electron chi connectivity index (χ4n) is 2.55. The number of amides is 1. The molecule has 1 atom stereocenters. The standard InChI is InChI=1S/C15H22N2O2/c1-2-8-17-14-5-3-4-11-6-7-12(9-13(11)14)19-10-15(16)18/h6-7,9,14,17H,2-5,8,10H2,1H3,(H2,16,18). The van der Waals surface area contributed by atoms with E-state index in [2.05, 4.69) is 18.3 Å². The van der Waals surface area contributed by atoms with Gasteiger partial charge >= 0.3 is 0 Å². The molecule has 104 valence electrons. The second-order valence-electron chi connectivity index (χ2n) is 5.01. The maximum absolute atomic E-state index is 10.8. The first-order valence-electron chi connectivity index (χ1n) is 6.98. The van der Waals surface area contributed by atoms with Crippen molar-refractivity contribution >= 4 is 5.91 Å². The number of nitrogens with two attached hydrogens (primary N) is 1. The Morgan fingerprint density at radius 1 is 1.53 bits per heavy atom. The van der Waals surface area contributed by atoms with Crippen LogP contribution in [0.4, 0.5) is 0 Å². The SMILES string of the molecule is CCCNC1CCCc2ccc(OCC(N)=O)cc21. The molecule has 0 aromatic heterocycles. The fraction of sp³-hybridized carbons (Fsp3) is 0.533. The summed E-state index contributed by atoms with van der Waals surface area (Å²) in [5.41, 5.74) is 7.78. The van der Waals surface area contributed by atoms with Crippen LogP contribution in [0, 0.1) is 0 Å². The number of hydrogen-bond donors (Lipinski definition) is 2. The molecule has 1 aromatic rings. The molecular formula is C15H22N2O2. The largest absolute Gasteiger partial charge is 0.484 e. The van der Waals surface area contributed by atoms with Crippen molar-refractivity contribution in [1.82, 2.24) is 5.32 Å². The Morgan fingerprint density at radius 3 is 3.11 bits per heavy atom. The minimum Gasteiger partial charge on any atom is -0.484 e. The van der Waals surface area contributed by atoms with Crippen molar-refractivity contribution in [3.63, 3.8) is 0 Å². The van der Waals surface area contributed by atoms with Crippen molar-refractivity contribution in [2.45, 2.75) is 38.6 Å². The smallest absolute Gasteiger partial charge is 0.255 e. The van der Waals surface area contributed by atoms with Crippen molar-refractivity contribution in [3.8, 4) is 5.75 Å². The highest BCUT2D eigenvalue weighted by Crippen LogP contribution is 2.32. The van der Waals surface area contributed by atoms with Gasteiger partial charge in [0.05, 0.1) is 0 Å². The maximum Gasteiger partial charge on any atom is 0.255 e. The zero-order valence-electron chi connectivity index (χ0n) is 11.4. The summed E-state index contributed by atoms with van der Waals surface area (Å²) in [7, 11) is 0. The van der Waals surface area contributed by atoms with Crippen LogP contribution in [0.5, 0.6) is 5.75 Å². The number of fused-ring (bicyclic) bond motifs is 1. The van der Waals surface area contributed by atoms with Crippen LogP contribution in [-0.4, -0.2) is 19.1 Å². The predicted octanol–water partition coefficient (Wildman–Crippen LogP) is 1.93. The van der Waals surface area contributed by atoms with E-state index in [9.17, 15) is 4.79 Å². The molecule has 3 N–H and O–H groups in total. The fourth-order valence-corrected chi connectivity index (χ4v) is 2.55. The zero-order valence-corrected chi connectivity index (χ0v) is 11.4. The molecule has 0 saturated carbocycles. The summed E-state index contributed by atoms with van der Waals surface area (Å²) in [6.45, 7) is 3.13. The van der Waals surface area contributed by atoms with E-state index in [1.165, 1.54) is 17.5 Å². The minimum absolute atomic E-state index is 0.0636. The lowest BCUT2D eigenvalue weighted by Gasteiger charge is -2.27. The molecule has 2 rings (SSSR count). The van der Waals surface area contributed by atoms with Gasteiger partial charge in [-0.25, -0.2) is 0 Å². The summed E-state index contributed by atoms with van der Waals surface area (Å²) in [6, 6.07) is 6.47. The molecule has 1 aromatic carbocycles. The van der Waals surface area contributed by atoms with E-state index in [0.717, 1.165) is 31.6 Å². The Balaban J connectivity index is 2.12. The number of aryl methyl sites for hydroxylation is 1. The summed E-state index contributed by atoms with van der Waals surface area (Å²) in [5, 5.41) is 3.57. The van der Waals surface area contributed by atoms with Gasteiger partial charge in [0.15, 0.2) is 6.61 Å². The lowest BCUT2D eigenvalue weighted by atomic mass is 9.87. The highest BCUT2D eigenvalue weighted by atomic mass is 16.5. The highest BCUT2D eigenvalue weighted by Gasteiger charge is 2.20. The normalized spacial score (nSPS) is 17.8. The molecular weight excluding hydrogens is 240 g/mol. The first-order chi connectivity index (χ1) is 9.20. The number of nitrogens with one attached hydrogen (secondary N) is 1. The van der Waals surface area contributed by atoms with Gasteiger partial charge in [-0.2, -0.15) is 0 Å². The van der Waals surface area contributed by atoms with Gasteiger partial charge in [0.1, 0.15) is 5.75 Å². The van der Waals surface area contributed by atoms with Crippen molar-refractivity contribution < 1.29 is 9.53 Å². The molecule has 0 heterocycles. The number of carbonyl (C=O) groups is 1. The second kappa shape index (κ2) is 6.57. The molecule has 0 saturated heterocycles. The number of carbonyl (C=O) groups excluding carboxylic acids is 1. The number of ether oxygens (including phenoxy) is 1. The number of hydrogen-bond acceptors (Lipinski definition) is 3. The first kappa shape index (κ1) is 13.9. The van der Waals surface area contributed by atoms with E-state index in [0.29, 0.717) is 6.04 Å². The molecule has 1 unspecified atom stereocenters. The molecule has 1 amide bonds. The Labute approximate surface area is 114 Å². The summed E-state index contributed by atoms with van der Waals surface area (Å²) < 4.78 is 5.38. The van der Waals surface area contributed by atoms with Crippen LogP contribution in [0.2, 0.25) is 0 Å². The average Bonchev–Trinajstić information content (AvgIpc) is 2.42. The molecule has 0 aliphatic heterocycles. The average molecular weight is 262 g/mol. The summed E-state index contributed by atoms with van der Waals surface area (Å²) in [5.74, 6) is 0.279. The molecule has 0 bridgehead atoms. The molecule has 0 spiro atoms. The minimum atomic E-state index is -0.446. The zero-order chi connectivity index (χ0) is 13.7. The van der Waals surface area contributed by atoms with Crippen molar-refractivity contribution in [1.29, 1.82) is 0 Å². The molecule has 0 radical (unpaired) electrons. The van der Waals surface area contributed by atoms with E-state index in [1.54, 1.807) is 0 Å². The van der Waals surface area contributed by atoms with Gasteiger partial charge in [-0.15, -0.1) is 0 Å². The summed E-state index contributed by atoms with van der Waals surface area (Å²) >= 11 is 0. The quantitative estimate of drug-likeness (QED) is 0.823. The number of benzene rings is 1. The van der Waals surface area contributed by atoms with Crippen LogP contribution < -0.4 is 15.8 Å². The number of primary amides is 1. The summed E-state index contributed by atoms with van der Waals surface area (Å²) in [6.07, 6.45) is 4.63. The third-order valence-electron chi connectivity index (χ3n) is 3.45. The third-order valence-corrected chi connectivity index (χ3v) is 3.45. The first-order valence-corrected chi connectivity index (χ1v) is 6.98. The van der Waals surface area contributed by atoms with E-state index in [4.69, 9.17) is 10.5 Å². The van der Waals surface area contributed by atoms with Crippen LogP contribution in [0.1, 0.15) is 43.4 Å². The van der Waals surface area contributed by atoms with Gasteiger partial charge in [0, 0.05) is 6.04 Å². The Kier molecular flexibility index (Phi) is 4.80. The Hall–Kier alpha value is -1.55. The maximum atomic E-state index is 10.8. The van der Waals surface area contributed by atoms with Crippen molar-refractivity contribution in [2.24, 2.45) is 5.73 Å². The number of rotatable bonds is 6. The van der Waals surface area contributed by atoms with Crippen LogP contribution in [0.3, 0.4) is 0 Å². The highest BCUT2D eigenvalue weighted by molar-refractivity contribution is 5.75. The Morgan fingerprint density at radius 2 is 2.37 bits per heavy atom. The van der Waals surface area contributed by atoms with Gasteiger partial charge in [-0.3, -0.25) is 4.79 Å². The van der Waals surface area contributed by atoms with Crippen LogP contribution in [0.15, 0.2) is 18.2 Å². The van der Waals surface area contributed by atoms with E-state index in [1.807, 2.05) is 12.1 Å². The van der Waals surface area contributed by atoms with E-state index >= 15 is 0 Å². The molecule has 1 aliphatic rings. The third kappa shape index (κ3) is 3.70.